The summed E-state index contributed by atoms with van der Waals surface area (Å²) in [7, 11) is 0. The molecule has 126 valence electrons. The first-order chi connectivity index (χ1) is 9.99. The van der Waals surface area contributed by atoms with Gasteiger partial charge in [-0.1, -0.05) is 58.0 Å². The fraction of sp³-hybridized carbons (Fsp3) is 0.611. The highest BCUT2D eigenvalue weighted by atomic mass is 35.5. The number of amides is 1. The van der Waals surface area contributed by atoms with Crippen LogP contribution in [0.2, 0.25) is 0 Å². The monoisotopic (exact) mass is 326 g/mol. The van der Waals surface area contributed by atoms with E-state index in [1.54, 1.807) is 0 Å². The molecule has 3 nitrogen and oxygen atoms in total. The van der Waals surface area contributed by atoms with Crippen LogP contribution in [0, 0.1) is 11.3 Å². The van der Waals surface area contributed by atoms with E-state index in [1.807, 2.05) is 37.3 Å². The Labute approximate surface area is 141 Å². The van der Waals surface area contributed by atoms with Gasteiger partial charge in [-0.25, -0.2) is 0 Å². The molecule has 1 rings (SSSR count). The Bertz CT molecular complexity index is 424. The Balaban J connectivity index is 0.00000441. The summed E-state index contributed by atoms with van der Waals surface area (Å²) in [6.45, 7) is 9.22. The average Bonchev–Trinajstić information content (AvgIpc) is 2.55. The van der Waals surface area contributed by atoms with Crippen LogP contribution in [0.1, 0.15) is 58.6 Å². The highest BCUT2D eigenvalue weighted by molar-refractivity contribution is 5.85. The van der Waals surface area contributed by atoms with Gasteiger partial charge in [-0.2, -0.15) is 0 Å². The van der Waals surface area contributed by atoms with Crippen molar-refractivity contribution in [1.29, 1.82) is 0 Å². The minimum absolute atomic E-state index is 0. The Morgan fingerprint density at radius 2 is 1.64 bits per heavy atom. The van der Waals surface area contributed by atoms with Crippen molar-refractivity contribution in [1.82, 2.24) is 5.32 Å². The molecule has 1 aromatic carbocycles. The molecule has 0 aromatic heterocycles. The molecule has 1 aromatic rings. The number of carbonyl (C=O) groups is 1. The summed E-state index contributed by atoms with van der Waals surface area (Å²) < 4.78 is 0. The lowest BCUT2D eigenvalue weighted by Gasteiger charge is -2.31. The number of rotatable bonds is 8. The van der Waals surface area contributed by atoms with Crippen molar-refractivity contribution in [3.05, 3.63) is 35.9 Å². The first-order valence-electron chi connectivity index (χ1n) is 8.08. The maximum Gasteiger partial charge on any atom is 0.224 e. The molecule has 0 aliphatic heterocycles. The molecule has 2 atom stereocenters. The second-order valence-corrected chi connectivity index (χ2v) is 6.00. The fourth-order valence-corrected chi connectivity index (χ4v) is 2.69. The van der Waals surface area contributed by atoms with Gasteiger partial charge in [-0.3, -0.25) is 4.79 Å². The second-order valence-electron chi connectivity index (χ2n) is 6.00. The summed E-state index contributed by atoms with van der Waals surface area (Å²) >= 11 is 0. The molecule has 0 heterocycles. The first kappa shape index (κ1) is 20.9. The average molecular weight is 327 g/mol. The van der Waals surface area contributed by atoms with Crippen molar-refractivity contribution < 1.29 is 4.79 Å². The van der Waals surface area contributed by atoms with Crippen molar-refractivity contribution in [2.24, 2.45) is 17.1 Å². The Morgan fingerprint density at radius 1 is 1.14 bits per heavy atom. The van der Waals surface area contributed by atoms with Crippen LogP contribution in [-0.2, 0) is 4.79 Å². The third kappa shape index (κ3) is 5.29. The van der Waals surface area contributed by atoms with Gasteiger partial charge in [-0.15, -0.1) is 12.4 Å². The summed E-state index contributed by atoms with van der Waals surface area (Å²) in [6, 6.07) is 9.56. The van der Waals surface area contributed by atoms with E-state index in [4.69, 9.17) is 5.73 Å². The van der Waals surface area contributed by atoms with Gasteiger partial charge in [0.25, 0.3) is 0 Å². The number of halogens is 1. The highest BCUT2D eigenvalue weighted by Gasteiger charge is 2.27. The number of nitrogens with one attached hydrogen (secondary N) is 1. The minimum atomic E-state index is -0.259. The van der Waals surface area contributed by atoms with E-state index < -0.39 is 0 Å². The quantitative estimate of drug-likeness (QED) is 0.756. The van der Waals surface area contributed by atoms with Crippen LogP contribution in [-0.4, -0.2) is 12.5 Å². The largest absolute Gasteiger partial charge is 0.355 e. The van der Waals surface area contributed by atoms with Gasteiger partial charge in [0.1, 0.15) is 0 Å². The molecule has 0 aliphatic carbocycles. The zero-order valence-electron chi connectivity index (χ0n) is 14.3. The van der Waals surface area contributed by atoms with E-state index in [-0.39, 0.29) is 35.7 Å². The molecule has 0 aliphatic rings. The maximum atomic E-state index is 12.4. The maximum absolute atomic E-state index is 12.4. The fourth-order valence-electron chi connectivity index (χ4n) is 2.69. The summed E-state index contributed by atoms with van der Waals surface area (Å²) in [6.07, 6.45) is 3.25. The molecule has 0 saturated carbocycles. The summed E-state index contributed by atoms with van der Waals surface area (Å²) in [5, 5.41) is 3.11. The summed E-state index contributed by atoms with van der Waals surface area (Å²) in [4.78, 5) is 12.4. The SMILES string of the molecule is CCC(CC)(CC)CNC(=O)C(C)C(N)c1ccccc1.Cl. The molecule has 0 radical (unpaired) electrons. The Morgan fingerprint density at radius 3 is 2.09 bits per heavy atom. The molecule has 1 amide bonds. The molecule has 0 bridgehead atoms. The van der Waals surface area contributed by atoms with Gasteiger partial charge >= 0.3 is 0 Å². The third-order valence-corrected chi connectivity index (χ3v) is 5.02. The van der Waals surface area contributed by atoms with E-state index in [2.05, 4.69) is 26.1 Å². The molecule has 22 heavy (non-hydrogen) atoms. The van der Waals surface area contributed by atoms with Crippen LogP contribution < -0.4 is 11.1 Å². The zero-order chi connectivity index (χ0) is 15.9. The second kappa shape index (κ2) is 9.86. The zero-order valence-corrected chi connectivity index (χ0v) is 15.1. The predicted octanol–water partition coefficient (Wildman–Crippen LogP) is 4.08. The molecule has 4 heteroatoms. The molecule has 3 N–H and O–H groups in total. The molecular formula is C18H31ClN2O. The normalized spacial score (nSPS) is 13.9. The van der Waals surface area contributed by atoms with Gasteiger partial charge in [-0.05, 0) is 30.2 Å². The van der Waals surface area contributed by atoms with Crippen LogP contribution in [0.4, 0.5) is 0 Å². The van der Waals surface area contributed by atoms with E-state index in [9.17, 15) is 4.79 Å². The molecule has 0 spiro atoms. The van der Waals surface area contributed by atoms with Crippen LogP contribution in [0.15, 0.2) is 30.3 Å². The summed E-state index contributed by atoms with van der Waals surface area (Å²) in [5.74, 6) is -0.179. The molecular weight excluding hydrogens is 296 g/mol. The van der Waals surface area contributed by atoms with E-state index in [1.165, 1.54) is 0 Å². The number of carbonyl (C=O) groups excluding carboxylic acids is 1. The van der Waals surface area contributed by atoms with Gasteiger partial charge in [0.05, 0.1) is 5.92 Å². The van der Waals surface area contributed by atoms with Crippen molar-refractivity contribution in [2.75, 3.05) is 6.54 Å². The molecule has 0 saturated heterocycles. The van der Waals surface area contributed by atoms with Crippen LogP contribution in [0.5, 0.6) is 0 Å². The van der Waals surface area contributed by atoms with Crippen molar-refractivity contribution in [3.8, 4) is 0 Å². The van der Waals surface area contributed by atoms with Gasteiger partial charge in [0.15, 0.2) is 0 Å². The van der Waals surface area contributed by atoms with Crippen LogP contribution in [0.3, 0.4) is 0 Å². The van der Waals surface area contributed by atoms with Gasteiger partial charge in [0, 0.05) is 12.6 Å². The smallest absolute Gasteiger partial charge is 0.224 e. The van der Waals surface area contributed by atoms with Crippen molar-refractivity contribution in [2.45, 2.75) is 53.0 Å². The van der Waals surface area contributed by atoms with Crippen molar-refractivity contribution >= 4 is 18.3 Å². The first-order valence-corrected chi connectivity index (χ1v) is 8.08. The lowest BCUT2D eigenvalue weighted by molar-refractivity contribution is -0.125. The highest BCUT2D eigenvalue weighted by Crippen LogP contribution is 2.29. The van der Waals surface area contributed by atoms with Crippen molar-refractivity contribution in [3.63, 3.8) is 0 Å². The van der Waals surface area contributed by atoms with E-state index in [0.29, 0.717) is 0 Å². The van der Waals surface area contributed by atoms with Crippen LogP contribution in [0.25, 0.3) is 0 Å². The Kier molecular flexibility index (Phi) is 9.38. The van der Waals surface area contributed by atoms with Gasteiger partial charge in [0.2, 0.25) is 5.91 Å². The predicted molar refractivity (Wildman–Crippen MR) is 96.1 cm³/mol. The third-order valence-electron chi connectivity index (χ3n) is 5.02. The topological polar surface area (TPSA) is 55.1 Å². The number of hydrogen-bond acceptors (Lipinski definition) is 2. The van der Waals surface area contributed by atoms with E-state index in [0.717, 1.165) is 31.4 Å². The summed E-state index contributed by atoms with van der Waals surface area (Å²) in [5.41, 5.74) is 7.44. The number of nitrogens with two attached hydrogens (primary N) is 1. The van der Waals surface area contributed by atoms with Gasteiger partial charge < -0.3 is 11.1 Å². The molecule has 2 unspecified atom stereocenters. The van der Waals surface area contributed by atoms with Crippen LogP contribution >= 0.6 is 12.4 Å². The minimum Gasteiger partial charge on any atom is -0.355 e. The molecule has 0 fully saturated rings. The standard InChI is InChI=1S/C18H30N2O.ClH/c1-5-18(6-2,7-3)13-20-17(21)14(4)16(19)15-11-9-8-10-12-15;/h8-12,14,16H,5-7,13,19H2,1-4H3,(H,20,21);1H. The number of benzene rings is 1. The lowest BCUT2D eigenvalue weighted by atomic mass is 9.79. The number of hydrogen-bond donors (Lipinski definition) is 2. The van der Waals surface area contributed by atoms with E-state index >= 15 is 0 Å². The lowest BCUT2D eigenvalue weighted by Crippen LogP contribution is -2.41. The Hall–Kier alpha value is -1.06.